The Morgan fingerprint density at radius 2 is 2.00 bits per heavy atom. The topological polar surface area (TPSA) is 58.6 Å². The van der Waals surface area contributed by atoms with E-state index in [9.17, 15) is 14.0 Å². The van der Waals surface area contributed by atoms with Crippen molar-refractivity contribution in [3.8, 4) is 0 Å². The molecule has 6 heteroatoms. The number of carbonyl (C=O) groups excluding carboxylic acids is 2. The van der Waals surface area contributed by atoms with Crippen molar-refractivity contribution < 1.29 is 18.7 Å². The van der Waals surface area contributed by atoms with Gasteiger partial charge in [-0.15, -0.1) is 0 Å². The van der Waals surface area contributed by atoms with Crippen molar-refractivity contribution in [1.29, 1.82) is 0 Å². The number of amides is 2. The number of hydrogen-bond donors (Lipinski definition) is 1. The molecule has 2 aliphatic rings. The van der Waals surface area contributed by atoms with Crippen LogP contribution in [0, 0.1) is 11.7 Å². The molecule has 0 unspecified atom stereocenters. The Kier molecular flexibility index (Phi) is 5.84. The standard InChI is InChI=1S/C21H29FN2O3/c1-4-15(3)23-19(25)18-13-27-21(11-9-14(2)10-12-21)24(18)20(26)16-7-5-6-8-17(16)22/h5-8,14-15,18H,4,9-13H2,1-3H3,(H,23,25)/t14?,15-,18-,21?/m1/s1. The molecule has 1 aromatic rings. The number of hydrogen-bond acceptors (Lipinski definition) is 3. The fourth-order valence-electron chi connectivity index (χ4n) is 3.99. The van der Waals surface area contributed by atoms with E-state index >= 15 is 0 Å². The molecule has 1 aromatic carbocycles. The molecule has 1 aliphatic heterocycles. The quantitative estimate of drug-likeness (QED) is 0.875. The molecule has 5 nitrogen and oxygen atoms in total. The number of rotatable bonds is 4. The molecule has 1 saturated carbocycles. The monoisotopic (exact) mass is 376 g/mol. The molecule has 0 radical (unpaired) electrons. The Labute approximate surface area is 160 Å². The van der Waals surface area contributed by atoms with Crippen LogP contribution in [0.5, 0.6) is 0 Å². The van der Waals surface area contributed by atoms with Crippen LogP contribution in [0.4, 0.5) is 4.39 Å². The van der Waals surface area contributed by atoms with Gasteiger partial charge < -0.3 is 10.1 Å². The second-order valence-corrected chi connectivity index (χ2v) is 7.93. The van der Waals surface area contributed by atoms with Gasteiger partial charge in [-0.3, -0.25) is 14.5 Å². The van der Waals surface area contributed by atoms with E-state index < -0.39 is 23.5 Å². The van der Waals surface area contributed by atoms with Crippen molar-refractivity contribution in [2.45, 2.75) is 70.7 Å². The van der Waals surface area contributed by atoms with Crippen LogP contribution in [0.15, 0.2) is 24.3 Å². The summed E-state index contributed by atoms with van der Waals surface area (Å²) in [5, 5.41) is 2.95. The smallest absolute Gasteiger partial charge is 0.259 e. The predicted octanol–water partition coefficient (Wildman–Crippen LogP) is 3.49. The summed E-state index contributed by atoms with van der Waals surface area (Å²) in [6.45, 7) is 6.24. The lowest BCUT2D eigenvalue weighted by Gasteiger charge is -2.43. The molecular weight excluding hydrogens is 347 g/mol. The zero-order valence-electron chi connectivity index (χ0n) is 16.3. The lowest BCUT2D eigenvalue weighted by atomic mass is 9.83. The van der Waals surface area contributed by atoms with Crippen LogP contribution in [0.2, 0.25) is 0 Å². The van der Waals surface area contributed by atoms with Crippen molar-refractivity contribution in [2.75, 3.05) is 6.61 Å². The van der Waals surface area contributed by atoms with Gasteiger partial charge in [0.15, 0.2) is 0 Å². The highest BCUT2D eigenvalue weighted by Gasteiger charge is 2.53. The first kappa shape index (κ1) is 19.8. The predicted molar refractivity (Wildman–Crippen MR) is 101 cm³/mol. The summed E-state index contributed by atoms with van der Waals surface area (Å²) in [5.74, 6) is -0.721. The number of halogens is 1. The van der Waals surface area contributed by atoms with E-state index in [1.54, 1.807) is 12.1 Å². The fourth-order valence-corrected chi connectivity index (χ4v) is 3.99. The van der Waals surface area contributed by atoms with Gasteiger partial charge in [0.05, 0.1) is 12.2 Å². The van der Waals surface area contributed by atoms with Gasteiger partial charge in [-0.05, 0) is 57.1 Å². The molecule has 148 valence electrons. The third-order valence-electron chi connectivity index (χ3n) is 5.94. The number of nitrogens with one attached hydrogen (secondary N) is 1. The first-order chi connectivity index (χ1) is 12.9. The Hall–Kier alpha value is -1.95. The Balaban J connectivity index is 1.93. The van der Waals surface area contributed by atoms with Crippen LogP contribution < -0.4 is 5.32 Å². The van der Waals surface area contributed by atoms with E-state index in [4.69, 9.17) is 4.74 Å². The number of carbonyl (C=O) groups is 2. The minimum atomic E-state index is -0.816. The second kappa shape index (κ2) is 7.97. The average molecular weight is 376 g/mol. The molecule has 27 heavy (non-hydrogen) atoms. The molecule has 0 bridgehead atoms. The SMILES string of the molecule is CC[C@@H](C)NC(=O)[C@H]1COC2(CCC(C)CC2)N1C(=O)c1ccccc1F. The Morgan fingerprint density at radius 3 is 2.63 bits per heavy atom. The third-order valence-corrected chi connectivity index (χ3v) is 5.94. The Bertz CT molecular complexity index is 700. The molecule has 3 rings (SSSR count). The maximum atomic E-state index is 14.3. The highest BCUT2D eigenvalue weighted by molar-refractivity contribution is 5.98. The van der Waals surface area contributed by atoms with E-state index in [2.05, 4.69) is 12.2 Å². The number of nitrogens with zero attached hydrogens (tertiary/aromatic N) is 1. The summed E-state index contributed by atoms with van der Waals surface area (Å²) in [5.41, 5.74) is -0.828. The van der Waals surface area contributed by atoms with Gasteiger partial charge in [0.1, 0.15) is 17.6 Å². The summed E-state index contributed by atoms with van der Waals surface area (Å²) in [6.07, 6.45) is 3.97. The fraction of sp³-hybridized carbons (Fsp3) is 0.619. The lowest BCUT2D eigenvalue weighted by Crippen LogP contribution is -2.57. The molecule has 0 aromatic heterocycles. The zero-order chi connectivity index (χ0) is 19.6. The number of benzene rings is 1. The minimum Gasteiger partial charge on any atom is -0.353 e. The van der Waals surface area contributed by atoms with Crippen LogP contribution in [0.25, 0.3) is 0 Å². The van der Waals surface area contributed by atoms with E-state index in [1.807, 2.05) is 13.8 Å². The van der Waals surface area contributed by atoms with Gasteiger partial charge in [0.25, 0.3) is 5.91 Å². The van der Waals surface area contributed by atoms with Crippen molar-refractivity contribution in [3.63, 3.8) is 0 Å². The van der Waals surface area contributed by atoms with E-state index in [0.29, 0.717) is 18.8 Å². The summed E-state index contributed by atoms with van der Waals surface area (Å²) >= 11 is 0. The molecule has 2 atom stereocenters. The highest BCUT2D eigenvalue weighted by atomic mass is 19.1. The minimum absolute atomic E-state index is 0.00541. The van der Waals surface area contributed by atoms with Gasteiger partial charge >= 0.3 is 0 Å². The van der Waals surface area contributed by atoms with E-state index in [1.165, 1.54) is 17.0 Å². The summed E-state index contributed by atoms with van der Waals surface area (Å²) < 4.78 is 20.4. The highest BCUT2D eigenvalue weighted by Crippen LogP contribution is 2.43. The van der Waals surface area contributed by atoms with Crippen LogP contribution in [0.3, 0.4) is 0 Å². The van der Waals surface area contributed by atoms with Crippen molar-refractivity contribution >= 4 is 11.8 Å². The van der Waals surface area contributed by atoms with Gasteiger partial charge in [0, 0.05) is 6.04 Å². The summed E-state index contributed by atoms with van der Waals surface area (Å²) in [7, 11) is 0. The maximum absolute atomic E-state index is 14.3. The molecule has 1 aliphatic carbocycles. The van der Waals surface area contributed by atoms with Gasteiger partial charge in [0.2, 0.25) is 5.91 Å². The second-order valence-electron chi connectivity index (χ2n) is 7.93. The lowest BCUT2D eigenvalue weighted by molar-refractivity contribution is -0.128. The van der Waals surface area contributed by atoms with Crippen molar-refractivity contribution in [1.82, 2.24) is 10.2 Å². The largest absolute Gasteiger partial charge is 0.353 e. The van der Waals surface area contributed by atoms with Gasteiger partial charge in [-0.25, -0.2) is 4.39 Å². The zero-order valence-corrected chi connectivity index (χ0v) is 16.3. The maximum Gasteiger partial charge on any atom is 0.259 e. The summed E-state index contributed by atoms with van der Waals surface area (Å²) in [6, 6.07) is 5.20. The van der Waals surface area contributed by atoms with Crippen molar-refractivity contribution in [3.05, 3.63) is 35.6 Å². The molecule has 1 saturated heterocycles. The molecular formula is C21H29FN2O3. The molecule has 2 amide bonds. The van der Waals surface area contributed by atoms with Crippen LogP contribution in [-0.2, 0) is 9.53 Å². The molecule has 1 N–H and O–H groups in total. The normalized spacial score (nSPS) is 29.0. The van der Waals surface area contributed by atoms with Crippen LogP contribution in [0.1, 0.15) is 63.2 Å². The van der Waals surface area contributed by atoms with Crippen LogP contribution in [-0.4, -0.2) is 41.1 Å². The molecule has 2 fully saturated rings. The molecule has 1 heterocycles. The Morgan fingerprint density at radius 1 is 1.33 bits per heavy atom. The third kappa shape index (κ3) is 3.86. The molecule has 1 spiro atoms. The first-order valence-electron chi connectivity index (χ1n) is 9.90. The number of ether oxygens (including phenoxy) is 1. The van der Waals surface area contributed by atoms with Crippen molar-refractivity contribution in [2.24, 2.45) is 5.92 Å². The summed E-state index contributed by atoms with van der Waals surface area (Å²) in [4.78, 5) is 27.7. The van der Waals surface area contributed by atoms with E-state index in [0.717, 1.165) is 19.3 Å². The van der Waals surface area contributed by atoms with Gasteiger partial charge in [-0.1, -0.05) is 26.0 Å². The van der Waals surface area contributed by atoms with E-state index in [-0.39, 0.29) is 24.1 Å². The van der Waals surface area contributed by atoms with Crippen LogP contribution >= 0.6 is 0 Å². The average Bonchev–Trinajstić information content (AvgIpc) is 3.03. The van der Waals surface area contributed by atoms with Gasteiger partial charge in [-0.2, -0.15) is 0 Å². The first-order valence-corrected chi connectivity index (χ1v) is 9.90.